The average Bonchev–Trinajstić information content (AvgIpc) is 3.87. The summed E-state index contributed by atoms with van der Waals surface area (Å²) in [6, 6.07) is 16.0. The van der Waals surface area contributed by atoms with E-state index in [4.69, 9.17) is 9.84 Å². The van der Waals surface area contributed by atoms with Crippen LogP contribution in [0.3, 0.4) is 0 Å². The van der Waals surface area contributed by atoms with E-state index in [1.165, 1.54) is 25.0 Å². The van der Waals surface area contributed by atoms with Crippen LogP contribution in [0.4, 0.5) is 16.2 Å². The molecular weight excluding hydrogens is 709 g/mol. The van der Waals surface area contributed by atoms with Gasteiger partial charge >= 0.3 is 6.03 Å². The third kappa shape index (κ3) is 6.97. The number of aromatic nitrogens is 4. The Morgan fingerprint density at radius 3 is 2.45 bits per heavy atom. The summed E-state index contributed by atoms with van der Waals surface area (Å²) in [4.78, 5) is 55.1. The van der Waals surface area contributed by atoms with Crippen LogP contribution in [0, 0.1) is 12.8 Å². The summed E-state index contributed by atoms with van der Waals surface area (Å²) >= 11 is 0. The van der Waals surface area contributed by atoms with Crippen molar-refractivity contribution in [2.45, 2.75) is 89.3 Å². The maximum absolute atomic E-state index is 13.4. The summed E-state index contributed by atoms with van der Waals surface area (Å²) in [7, 11) is 1.55. The minimum atomic E-state index is -0.376. The Balaban J connectivity index is 0.783. The zero-order valence-electron chi connectivity index (χ0n) is 32.2. The molecule has 2 saturated heterocycles. The average molecular weight is 759 g/mol. The fraction of sp³-hybridized carbons (Fsp3) is 0.465. The molecule has 13 nitrogen and oxygen atoms in total. The van der Waals surface area contributed by atoms with E-state index in [9.17, 15) is 19.2 Å². The van der Waals surface area contributed by atoms with E-state index < -0.39 is 0 Å². The summed E-state index contributed by atoms with van der Waals surface area (Å²) in [5.41, 5.74) is 4.47. The summed E-state index contributed by atoms with van der Waals surface area (Å²) in [6.45, 7) is 5.82. The molecule has 13 heteroatoms. The molecule has 4 aliphatic rings. The number of fused-ring (bicyclic) bond motifs is 2. The molecule has 0 unspecified atom stereocenters. The predicted octanol–water partition coefficient (Wildman–Crippen LogP) is 6.96. The number of pyridine rings is 1. The molecule has 2 aliphatic heterocycles. The molecule has 3 aromatic heterocycles. The van der Waals surface area contributed by atoms with Gasteiger partial charge in [-0.2, -0.15) is 5.10 Å². The van der Waals surface area contributed by atoms with Crippen molar-refractivity contribution < 1.29 is 19.1 Å². The van der Waals surface area contributed by atoms with Gasteiger partial charge in [0.05, 0.1) is 35.4 Å². The predicted molar refractivity (Wildman–Crippen MR) is 216 cm³/mol. The first-order chi connectivity index (χ1) is 27.2. The summed E-state index contributed by atoms with van der Waals surface area (Å²) in [5.74, 6) is 0.533. The van der Waals surface area contributed by atoms with Gasteiger partial charge in [-0.05, 0) is 114 Å². The van der Waals surface area contributed by atoms with E-state index in [1.807, 2.05) is 30.5 Å². The van der Waals surface area contributed by atoms with Crippen LogP contribution in [0.25, 0.3) is 21.8 Å². The fourth-order valence-electron chi connectivity index (χ4n) is 9.39. The lowest BCUT2D eigenvalue weighted by atomic mass is 9.84. The number of urea groups is 1. The number of rotatable bonds is 10. The van der Waals surface area contributed by atoms with Crippen LogP contribution in [0.5, 0.6) is 5.75 Å². The van der Waals surface area contributed by atoms with Gasteiger partial charge in [0.2, 0.25) is 5.91 Å². The van der Waals surface area contributed by atoms with Crippen molar-refractivity contribution >= 4 is 51.0 Å². The van der Waals surface area contributed by atoms with Gasteiger partial charge in [-0.1, -0.05) is 6.07 Å². The van der Waals surface area contributed by atoms with Crippen molar-refractivity contribution in [3.63, 3.8) is 0 Å². The minimum Gasteiger partial charge on any atom is -0.496 e. The second kappa shape index (κ2) is 14.9. The molecule has 9 rings (SSSR count). The first-order valence-corrected chi connectivity index (χ1v) is 20.3. The lowest BCUT2D eigenvalue weighted by Crippen LogP contribution is -2.49. The van der Waals surface area contributed by atoms with Crippen LogP contribution in [-0.4, -0.2) is 74.9 Å². The lowest BCUT2D eigenvalue weighted by molar-refractivity contribution is -0.120. The van der Waals surface area contributed by atoms with E-state index in [0.717, 1.165) is 85.7 Å². The van der Waals surface area contributed by atoms with Crippen LogP contribution in [0.1, 0.15) is 98.4 Å². The number of nitrogens with one attached hydrogen (secondary N) is 2. The van der Waals surface area contributed by atoms with E-state index >= 15 is 0 Å². The molecule has 2 saturated carbocycles. The highest BCUT2D eigenvalue weighted by Crippen LogP contribution is 2.38. The number of carbonyl (C=O) groups excluding carboxylic acids is 3. The second-order valence-corrected chi connectivity index (χ2v) is 16.2. The van der Waals surface area contributed by atoms with Gasteiger partial charge in [-0.15, -0.1) is 0 Å². The zero-order valence-corrected chi connectivity index (χ0v) is 32.2. The molecule has 0 radical (unpaired) electrons. The van der Waals surface area contributed by atoms with Crippen molar-refractivity contribution in [3.05, 3.63) is 82.5 Å². The van der Waals surface area contributed by atoms with Gasteiger partial charge in [-0.25, -0.2) is 4.79 Å². The van der Waals surface area contributed by atoms with Crippen molar-refractivity contribution in [1.82, 2.24) is 29.1 Å². The van der Waals surface area contributed by atoms with Gasteiger partial charge in [0.15, 0.2) is 0 Å². The quantitative estimate of drug-likeness (QED) is 0.157. The second-order valence-electron chi connectivity index (χ2n) is 16.2. The number of anilines is 2. The Kier molecular flexibility index (Phi) is 9.64. The Morgan fingerprint density at radius 1 is 0.911 bits per heavy atom. The molecule has 292 valence electrons. The fourth-order valence-corrected chi connectivity index (χ4v) is 9.39. The van der Waals surface area contributed by atoms with Gasteiger partial charge < -0.3 is 24.1 Å². The largest absolute Gasteiger partial charge is 0.496 e. The van der Waals surface area contributed by atoms with Crippen molar-refractivity contribution in [2.24, 2.45) is 5.92 Å². The maximum Gasteiger partial charge on any atom is 0.328 e. The number of ether oxygens (including phenoxy) is 1. The number of carbonyl (C=O) groups is 3. The molecule has 5 aromatic rings. The third-order valence-corrected chi connectivity index (χ3v) is 12.6. The number of methoxy groups -OCH3 is 1. The standard InChI is InChI=1S/C43H50N8O5/c1-27-23-33-37(49-22-17-40(52)45-43(49)55)6-3-7-38(33)51(27)32-15-20-47(21-16-32)19-14-28-8-10-31(11-9-28)50-26-29-24-34(39(56-2)25-36(29)46-50)41(53)44-35-5-4-18-48(42(35)54)30-12-13-30/h3-7,18,23-26,28,30-32H,8-17,19-22H2,1-2H3,(H,44,53)(H,45,52,55). The monoisotopic (exact) mass is 758 g/mol. The number of hydrogen-bond acceptors (Lipinski definition) is 7. The number of imide groups is 1. The van der Waals surface area contributed by atoms with Crippen LogP contribution in [0.2, 0.25) is 0 Å². The topological polar surface area (TPSA) is 136 Å². The number of benzene rings is 2. The summed E-state index contributed by atoms with van der Waals surface area (Å²) in [5, 5.41) is 12.1. The highest BCUT2D eigenvalue weighted by atomic mass is 16.5. The molecule has 2 aromatic carbocycles. The van der Waals surface area contributed by atoms with Gasteiger partial charge in [0.25, 0.3) is 11.5 Å². The Morgan fingerprint density at radius 2 is 1.70 bits per heavy atom. The molecule has 56 heavy (non-hydrogen) atoms. The Labute approximate surface area is 325 Å². The smallest absolute Gasteiger partial charge is 0.328 e. The summed E-state index contributed by atoms with van der Waals surface area (Å²) in [6.07, 6.45) is 14.0. The van der Waals surface area contributed by atoms with Crippen LogP contribution in [0.15, 0.2) is 65.7 Å². The molecule has 4 amide bonds. The molecule has 2 N–H and O–H groups in total. The van der Waals surface area contributed by atoms with Gasteiger partial charge in [0.1, 0.15) is 11.4 Å². The number of piperidine rings is 1. The molecule has 0 spiro atoms. The van der Waals surface area contributed by atoms with E-state index in [1.54, 1.807) is 34.9 Å². The van der Waals surface area contributed by atoms with Crippen LogP contribution in [-0.2, 0) is 4.79 Å². The minimum absolute atomic E-state index is 0.184. The Hall–Kier alpha value is -5.43. The molecule has 0 atom stereocenters. The number of aryl methyl sites for hydroxylation is 1. The SMILES string of the molecule is COc1cc2nn(C3CCC(CCN4CCC(n5c(C)cc6c(N7CCC(=O)NC7=O)cccc65)CC4)CC3)cc2cc1C(=O)Nc1cccn(C2CC2)c1=O. The van der Waals surface area contributed by atoms with Gasteiger partial charge in [0, 0.05) is 73.1 Å². The number of nitrogens with zero attached hydrogens (tertiary/aromatic N) is 6. The Bertz CT molecular complexity index is 2370. The molecule has 5 heterocycles. The van der Waals surface area contributed by atoms with E-state index in [2.05, 4.69) is 43.8 Å². The highest BCUT2D eigenvalue weighted by Gasteiger charge is 2.30. The first kappa shape index (κ1) is 36.2. The lowest BCUT2D eigenvalue weighted by Gasteiger charge is -2.35. The molecular formula is C43H50N8O5. The normalized spacial score (nSPS) is 21.1. The third-order valence-electron chi connectivity index (χ3n) is 12.6. The van der Waals surface area contributed by atoms with Crippen molar-refractivity contribution in [2.75, 3.05) is 43.5 Å². The highest BCUT2D eigenvalue weighted by molar-refractivity contribution is 6.10. The van der Waals surface area contributed by atoms with Crippen LogP contribution >= 0.6 is 0 Å². The van der Waals surface area contributed by atoms with Crippen molar-refractivity contribution in [3.8, 4) is 5.75 Å². The zero-order chi connectivity index (χ0) is 38.5. The number of hydrogen-bond donors (Lipinski definition) is 2. The first-order valence-electron chi connectivity index (χ1n) is 20.3. The summed E-state index contributed by atoms with van der Waals surface area (Å²) < 4.78 is 11.9. The van der Waals surface area contributed by atoms with Crippen molar-refractivity contribution in [1.29, 1.82) is 0 Å². The van der Waals surface area contributed by atoms with Gasteiger partial charge in [-0.3, -0.25) is 29.3 Å². The molecule has 4 fully saturated rings. The number of amides is 4. The van der Waals surface area contributed by atoms with E-state index in [-0.39, 0.29) is 35.1 Å². The number of likely N-dealkylation sites (tertiary alicyclic amines) is 1. The molecule has 0 bridgehead atoms. The van der Waals surface area contributed by atoms with Crippen LogP contribution < -0.4 is 25.8 Å². The van der Waals surface area contributed by atoms with E-state index in [0.29, 0.717) is 42.3 Å². The molecule has 2 aliphatic carbocycles. The maximum atomic E-state index is 13.4.